The van der Waals surface area contributed by atoms with E-state index in [9.17, 15) is 14.4 Å². The van der Waals surface area contributed by atoms with Gasteiger partial charge >= 0.3 is 6.01 Å². The smallest absolute Gasteiger partial charge is 0.319 e. The van der Waals surface area contributed by atoms with E-state index in [0.717, 1.165) is 37.8 Å². The number of piperazine rings is 1. The molecule has 3 aromatic rings. The third-order valence-electron chi connectivity index (χ3n) is 9.71. The number of aromatic nitrogens is 2. The molecule has 1 amide bonds. The third kappa shape index (κ3) is 4.89. The number of hydrogen-bond acceptors (Lipinski definition) is 7. The highest BCUT2D eigenvalue weighted by Crippen LogP contribution is 2.58. The summed E-state index contributed by atoms with van der Waals surface area (Å²) < 4.78 is 36.5. The molecule has 1 aromatic heterocycles. The molecule has 0 radical (unpaired) electrons. The lowest BCUT2D eigenvalue weighted by Gasteiger charge is -2.41. The van der Waals surface area contributed by atoms with Crippen molar-refractivity contribution in [3.05, 3.63) is 59.7 Å². The summed E-state index contributed by atoms with van der Waals surface area (Å²) in [7, 11) is 2.06. The van der Waals surface area contributed by atoms with E-state index >= 15 is 4.39 Å². The number of likely N-dealkylation sites (N-methyl/N-ethyl adjacent to an activating group) is 1. The van der Waals surface area contributed by atoms with Gasteiger partial charge in [-0.05, 0) is 73.9 Å². The van der Waals surface area contributed by atoms with Crippen LogP contribution in [0.1, 0.15) is 42.7 Å². The van der Waals surface area contributed by atoms with Crippen LogP contribution in [-0.2, 0) is 11.2 Å². The van der Waals surface area contributed by atoms with Crippen LogP contribution in [0.4, 0.5) is 14.6 Å². The normalized spacial score (nSPS) is 24.5. The van der Waals surface area contributed by atoms with Gasteiger partial charge in [-0.25, -0.2) is 8.78 Å². The minimum absolute atomic E-state index is 0.00962. The van der Waals surface area contributed by atoms with E-state index in [1.54, 1.807) is 0 Å². The minimum Gasteiger partial charge on any atom is -0.462 e. The van der Waals surface area contributed by atoms with Crippen molar-refractivity contribution in [2.75, 3.05) is 44.7 Å². The lowest BCUT2D eigenvalue weighted by atomic mass is 9.93. The number of likely N-dealkylation sites (tertiary alicyclic amines) is 1. The van der Waals surface area contributed by atoms with Crippen LogP contribution >= 0.6 is 0 Å². The second-order valence-corrected chi connectivity index (χ2v) is 12.3. The number of ether oxygens (including phenoxy) is 1. The number of nitriles is 1. The van der Waals surface area contributed by atoms with Gasteiger partial charge in [0.25, 0.3) is 5.91 Å². The van der Waals surface area contributed by atoms with Gasteiger partial charge in [0.2, 0.25) is 0 Å². The first-order chi connectivity index (χ1) is 20.8. The van der Waals surface area contributed by atoms with E-state index in [2.05, 4.69) is 35.6 Å². The molecule has 2 aliphatic heterocycles. The Morgan fingerprint density at radius 2 is 2.02 bits per heavy atom. The second kappa shape index (κ2) is 10.9. The fourth-order valence-electron chi connectivity index (χ4n) is 7.32. The third-order valence-corrected chi connectivity index (χ3v) is 9.71. The summed E-state index contributed by atoms with van der Waals surface area (Å²) in [6.07, 6.45) is 4.31. The molecule has 0 bridgehead atoms. The molecule has 7 rings (SSSR count). The number of fused-ring (bicyclic) bond motifs is 4. The lowest BCUT2D eigenvalue weighted by molar-refractivity contribution is -0.131. The summed E-state index contributed by atoms with van der Waals surface area (Å²) in [6.45, 7) is 5.24. The van der Waals surface area contributed by atoms with Crippen molar-refractivity contribution in [3.63, 3.8) is 0 Å². The summed E-state index contributed by atoms with van der Waals surface area (Å²) in [5, 5.41) is 9.99. The molecule has 2 aromatic carbocycles. The predicted octanol–water partition coefficient (Wildman–Crippen LogP) is 4.98. The Kier molecular flexibility index (Phi) is 7.01. The molecular weight excluding hydrogens is 550 g/mol. The maximum atomic E-state index is 16.6. The van der Waals surface area contributed by atoms with Crippen LogP contribution in [0, 0.1) is 23.1 Å². The standard InChI is InChI=1S/C33H34F2N6O2/c1-19(34)32(42)41-14-13-40(17-22(41)10-11-36)31-26-9-8-25(24-7-3-5-20-15-21-16-27(21)28(20)24)29(35)30(26)37-33(38-31)43-18-23-6-4-12-39(23)2/h3,5,7-9,21-23,27H,1,4,6,10,12-18H2,2H3/t21-,22-,23-,27+/m0/s1. The quantitative estimate of drug-likeness (QED) is 0.362. The SMILES string of the molecule is C=C(F)C(=O)N1CCN(c2nc(OC[C@@H]3CCCN3C)nc3c(F)c(-c4cccc5c4[C@@H]4C[C@@H]4C5)ccc23)C[C@@H]1CC#N. The highest BCUT2D eigenvalue weighted by molar-refractivity contribution is 5.95. The monoisotopic (exact) mass is 584 g/mol. The van der Waals surface area contributed by atoms with Gasteiger partial charge in [-0.1, -0.05) is 30.8 Å². The van der Waals surface area contributed by atoms with Gasteiger partial charge in [0.05, 0.1) is 18.5 Å². The van der Waals surface area contributed by atoms with Crippen LogP contribution in [-0.4, -0.2) is 77.6 Å². The average molecular weight is 585 g/mol. The zero-order valence-electron chi connectivity index (χ0n) is 24.2. The number of amides is 1. The first-order valence-electron chi connectivity index (χ1n) is 15.1. The number of rotatable bonds is 7. The summed E-state index contributed by atoms with van der Waals surface area (Å²) >= 11 is 0. The first kappa shape index (κ1) is 27.7. The Hall–Kier alpha value is -4.10. The minimum atomic E-state index is -1.06. The number of anilines is 1. The maximum Gasteiger partial charge on any atom is 0.319 e. The molecule has 222 valence electrons. The Morgan fingerprint density at radius 1 is 1.16 bits per heavy atom. The van der Waals surface area contributed by atoms with Crippen molar-refractivity contribution in [1.82, 2.24) is 19.8 Å². The zero-order chi connectivity index (χ0) is 29.8. The van der Waals surface area contributed by atoms with Crippen LogP contribution in [0.5, 0.6) is 6.01 Å². The van der Waals surface area contributed by atoms with Gasteiger partial charge in [0.15, 0.2) is 11.6 Å². The lowest BCUT2D eigenvalue weighted by Crippen LogP contribution is -2.55. The highest BCUT2D eigenvalue weighted by Gasteiger charge is 2.46. The summed E-state index contributed by atoms with van der Waals surface area (Å²) in [5.41, 5.74) is 4.17. The van der Waals surface area contributed by atoms with Gasteiger partial charge in [0.1, 0.15) is 17.9 Å². The molecule has 3 heterocycles. The maximum absolute atomic E-state index is 16.6. The van der Waals surface area contributed by atoms with Gasteiger partial charge in [0, 0.05) is 36.6 Å². The summed E-state index contributed by atoms with van der Waals surface area (Å²) in [5.74, 6) is -0.653. The number of halogens is 2. The fraction of sp³-hybridized carbons (Fsp3) is 0.455. The molecule has 0 unspecified atom stereocenters. The van der Waals surface area contributed by atoms with Crippen molar-refractivity contribution in [3.8, 4) is 23.2 Å². The van der Waals surface area contributed by atoms with E-state index < -0.39 is 23.6 Å². The van der Waals surface area contributed by atoms with Crippen LogP contribution in [0.15, 0.2) is 42.7 Å². The number of hydrogen-bond donors (Lipinski definition) is 0. The molecule has 1 saturated carbocycles. The number of carbonyl (C=O) groups excluding carboxylic acids is 1. The van der Waals surface area contributed by atoms with Crippen LogP contribution in [0.25, 0.3) is 22.0 Å². The second-order valence-electron chi connectivity index (χ2n) is 12.3. The summed E-state index contributed by atoms with van der Waals surface area (Å²) in [4.78, 5) is 27.4. The Balaban J connectivity index is 1.29. The fourth-order valence-corrected chi connectivity index (χ4v) is 7.32. The molecule has 3 fully saturated rings. The Bertz CT molecular complexity index is 1670. The molecule has 43 heavy (non-hydrogen) atoms. The number of benzene rings is 2. The van der Waals surface area contributed by atoms with Gasteiger partial charge in [-0.3, -0.25) is 4.79 Å². The van der Waals surface area contributed by atoms with E-state index in [1.807, 2.05) is 29.2 Å². The molecule has 10 heteroatoms. The number of nitrogens with zero attached hydrogens (tertiary/aromatic N) is 6. The van der Waals surface area contributed by atoms with E-state index in [-0.39, 0.29) is 37.1 Å². The highest BCUT2D eigenvalue weighted by atomic mass is 19.1. The Labute approximate surface area is 249 Å². The molecule has 0 spiro atoms. The largest absolute Gasteiger partial charge is 0.462 e. The van der Waals surface area contributed by atoms with E-state index in [4.69, 9.17) is 9.72 Å². The van der Waals surface area contributed by atoms with Gasteiger partial charge in [-0.2, -0.15) is 15.2 Å². The van der Waals surface area contributed by atoms with Crippen molar-refractivity contribution >= 4 is 22.6 Å². The molecule has 0 N–H and O–H groups in total. The van der Waals surface area contributed by atoms with Crippen LogP contribution in [0.2, 0.25) is 0 Å². The molecule has 4 aliphatic rings. The number of carbonyl (C=O) groups is 1. The van der Waals surface area contributed by atoms with Crippen molar-refractivity contribution in [1.29, 1.82) is 5.26 Å². The molecule has 4 atom stereocenters. The van der Waals surface area contributed by atoms with Crippen molar-refractivity contribution in [2.45, 2.75) is 50.1 Å². The molecule has 2 saturated heterocycles. The zero-order valence-corrected chi connectivity index (χ0v) is 24.2. The van der Waals surface area contributed by atoms with Crippen molar-refractivity contribution in [2.24, 2.45) is 5.92 Å². The van der Waals surface area contributed by atoms with Crippen LogP contribution in [0.3, 0.4) is 0 Å². The first-order valence-corrected chi connectivity index (χ1v) is 15.1. The van der Waals surface area contributed by atoms with Gasteiger partial charge < -0.3 is 19.4 Å². The Morgan fingerprint density at radius 3 is 2.79 bits per heavy atom. The van der Waals surface area contributed by atoms with E-state index in [1.165, 1.54) is 16.0 Å². The molecule has 8 nitrogen and oxygen atoms in total. The molecular formula is C33H34F2N6O2. The van der Waals surface area contributed by atoms with Crippen LogP contribution < -0.4 is 9.64 Å². The average Bonchev–Trinajstić information content (AvgIpc) is 3.48. The summed E-state index contributed by atoms with van der Waals surface area (Å²) in [6, 6.07) is 11.7. The van der Waals surface area contributed by atoms with Crippen molar-refractivity contribution < 1.29 is 18.3 Å². The topological polar surface area (TPSA) is 85.6 Å². The van der Waals surface area contributed by atoms with Gasteiger partial charge in [-0.15, -0.1) is 0 Å². The predicted molar refractivity (Wildman–Crippen MR) is 159 cm³/mol. The van der Waals surface area contributed by atoms with E-state index in [0.29, 0.717) is 41.8 Å². The molecule has 2 aliphatic carbocycles.